The lowest BCUT2D eigenvalue weighted by Gasteiger charge is -2.18. The maximum Gasteiger partial charge on any atom is 0.336 e. The number of fused-ring (bicyclic) bond motifs is 1. The number of urea groups is 1. The number of hydrogen-bond acceptors (Lipinski definition) is 8. The third kappa shape index (κ3) is 3.77. The van der Waals surface area contributed by atoms with Gasteiger partial charge >= 0.3 is 12.0 Å². The summed E-state index contributed by atoms with van der Waals surface area (Å²) >= 11 is 4.94. The van der Waals surface area contributed by atoms with Crippen molar-refractivity contribution in [2.24, 2.45) is 0 Å². The third-order valence-corrected chi connectivity index (χ3v) is 5.96. The molecule has 3 N–H and O–H groups in total. The number of rotatable bonds is 4. The molecule has 28 heavy (non-hydrogen) atoms. The first kappa shape index (κ1) is 19.6. The highest BCUT2D eigenvalue weighted by atomic mass is 32.2. The molecule has 2 aromatic rings. The summed E-state index contributed by atoms with van der Waals surface area (Å²) in [6.07, 6.45) is 3.62. The first-order chi connectivity index (χ1) is 13.1. The minimum atomic E-state index is -4.34. The number of allylic oxidation sites excluding steroid dienone is 2. The van der Waals surface area contributed by atoms with E-state index in [1.54, 1.807) is 24.6 Å². The van der Waals surface area contributed by atoms with Gasteiger partial charge in [-0.05, 0) is 26.0 Å². The number of aromatic nitrogens is 2. The number of hydrogen-bond donors (Lipinski definition) is 3. The van der Waals surface area contributed by atoms with Crippen molar-refractivity contribution in [3.63, 3.8) is 0 Å². The van der Waals surface area contributed by atoms with Crippen LogP contribution in [0.5, 0.6) is 0 Å². The first-order valence-electron chi connectivity index (χ1n) is 7.82. The fraction of sp³-hybridized carbons (Fsp3) is 0.188. The van der Waals surface area contributed by atoms with Gasteiger partial charge in [0.1, 0.15) is 11.0 Å². The van der Waals surface area contributed by atoms with Gasteiger partial charge < -0.3 is 9.52 Å². The summed E-state index contributed by atoms with van der Waals surface area (Å²) in [5.41, 5.74) is 0.453. The van der Waals surface area contributed by atoms with Crippen LogP contribution in [0, 0.1) is 13.8 Å². The Kier molecular flexibility index (Phi) is 5.00. The van der Waals surface area contributed by atoms with Gasteiger partial charge in [0.25, 0.3) is 0 Å². The number of anilines is 1. The number of aliphatic carboxylic acids is 1. The zero-order chi connectivity index (χ0) is 20.6. The van der Waals surface area contributed by atoms with Crippen molar-refractivity contribution >= 4 is 56.2 Å². The van der Waals surface area contributed by atoms with E-state index in [0.29, 0.717) is 16.8 Å². The largest absolute Gasteiger partial charge is 0.478 e. The van der Waals surface area contributed by atoms with Crippen LogP contribution in [0.1, 0.15) is 11.5 Å². The van der Waals surface area contributed by atoms with Gasteiger partial charge in [-0.2, -0.15) is 4.98 Å². The molecule has 2 aromatic heterocycles. The Labute approximate surface area is 164 Å². The van der Waals surface area contributed by atoms with Crippen molar-refractivity contribution < 1.29 is 27.5 Å². The Morgan fingerprint density at radius 1 is 1.29 bits per heavy atom. The van der Waals surface area contributed by atoms with Crippen LogP contribution >= 0.6 is 12.2 Å². The number of furan rings is 1. The summed E-state index contributed by atoms with van der Waals surface area (Å²) in [6.45, 7) is 3.41. The van der Waals surface area contributed by atoms with E-state index in [9.17, 15) is 18.0 Å². The molecule has 0 fully saturated rings. The Morgan fingerprint density at radius 2 is 2.00 bits per heavy atom. The number of nitrogens with zero attached hydrogens (tertiary/aromatic N) is 2. The third-order valence-electron chi connectivity index (χ3n) is 3.80. The number of sulfonamides is 1. The second-order valence-electron chi connectivity index (χ2n) is 5.86. The number of carboxylic acid groups (broad SMARTS) is 1. The predicted octanol–water partition coefficient (Wildman–Crippen LogP) is 1.61. The van der Waals surface area contributed by atoms with Gasteiger partial charge in [0, 0.05) is 0 Å². The molecule has 10 nitrogen and oxygen atoms in total. The summed E-state index contributed by atoms with van der Waals surface area (Å²) in [4.78, 5) is 31.0. The fourth-order valence-corrected chi connectivity index (χ4v) is 4.31. The van der Waals surface area contributed by atoms with E-state index >= 15 is 0 Å². The molecule has 0 bridgehead atoms. The van der Waals surface area contributed by atoms with Crippen molar-refractivity contribution in [1.82, 2.24) is 14.7 Å². The number of carbonyl (C=O) groups is 2. The highest BCUT2D eigenvalue weighted by Gasteiger charge is 2.34. The van der Waals surface area contributed by atoms with Crippen molar-refractivity contribution in [2.45, 2.75) is 19.1 Å². The van der Waals surface area contributed by atoms with Gasteiger partial charge in [-0.25, -0.2) is 27.7 Å². The van der Waals surface area contributed by atoms with E-state index in [2.05, 4.69) is 15.3 Å². The molecule has 2 heterocycles. The van der Waals surface area contributed by atoms with Crippen molar-refractivity contribution in [3.05, 3.63) is 41.3 Å². The van der Waals surface area contributed by atoms with Crippen molar-refractivity contribution in [3.8, 4) is 0 Å². The number of amides is 2. The molecule has 0 saturated heterocycles. The minimum absolute atomic E-state index is 0.153. The van der Waals surface area contributed by atoms with Crippen LogP contribution in [0.3, 0.4) is 0 Å². The standard InChI is InChI=1S/C16H14N4O6S2/c1-7-6-10-8(2)17-15(18-13(10)26-7)19-16(23)20-28(24,25)11-5-3-4-9(12(11)27)14(21)22/h3-6,11H,1-2H3,(H,21,22)(H2,17,18,19,20,23). The maximum absolute atomic E-state index is 12.5. The molecular weight excluding hydrogens is 408 g/mol. The monoisotopic (exact) mass is 422 g/mol. The quantitative estimate of drug-likeness (QED) is 0.624. The molecule has 1 aliphatic carbocycles. The Bertz CT molecular complexity index is 1180. The van der Waals surface area contributed by atoms with E-state index in [4.69, 9.17) is 21.7 Å². The van der Waals surface area contributed by atoms with E-state index in [1.165, 1.54) is 18.2 Å². The Balaban J connectivity index is 1.77. The lowest BCUT2D eigenvalue weighted by Crippen LogP contribution is -2.44. The lowest BCUT2D eigenvalue weighted by atomic mass is 10.1. The van der Waals surface area contributed by atoms with E-state index in [1.807, 2.05) is 0 Å². The number of carbonyl (C=O) groups excluding carboxylic acids is 1. The molecule has 12 heteroatoms. The van der Waals surface area contributed by atoms with E-state index in [-0.39, 0.29) is 22.1 Å². The van der Waals surface area contributed by atoms with Crippen LogP contribution in [0.2, 0.25) is 0 Å². The van der Waals surface area contributed by atoms with Gasteiger partial charge in [0.2, 0.25) is 21.7 Å². The minimum Gasteiger partial charge on any atom is -0.478 e. The van der Waals surface area contributed by atoms with Crippen LogP contribution < -0.4 is 10.0 Å². The molecule has 146 valence electrons. The summed E-state index contributed by atoms with van der Waals surface area (Å²) in [6, 6.07) is 0.618. The Morgan fingerprint density at radius 3 is 2.68 bits per heavy atom. The average molecular weight is 422 g/mol. The number of carboxylic acids is 1. The molecule has 0 saturated carbocycles. The molecule has 2 amide bonds. The number of aryl methyl sites for hydroxylation is 2. The molecule has 1 atom stereocenters. The summed E-state index contributed by atoms with van der Waals surface area (Å²) < 4.78 is 32.1. The van der Waals surface area contributed by atoms with Crippen molar-refractivity contribution in [2.75, 3.05) is 5.32 Å². The highest BCUT2D eigenvalue weighted by molar-refractivity contribution is 7.93. The predicted molar refractivity (Wildman–Crippen MR) is 104 cm³/mol. The molecule has 0 radical (unpaired) electrons. The SMILES string of the molecule is Cc1cc2c(C)nc(NC(=O)NS(=O)(=O)C3C=CC=C(C(=O)O)C3=S)nc2o1. The molecule has 1 aliphatic rings. The smallest absolute Gasteiger partial charge is 0.336 e. The number of nitrogens with one attached hydrogen (secondary N) is 2. The van der Waals surface area contributed by atoms with Gasteiger partial charge in [-0.3, -0.25) is 5.32 Å². The topological polar surface area (TPSA) is 151 Å². The van der Waals surface area contributed by atoms with E-state index in [0.717, 1.165) is 0 Å². The zero-order valence-corrected chi connectivity index (χ0v) is 16.2. The van der Waals surface area contributed by atoms with Gasteiger partial charge in [-0.15, -0.1) is 0 Å². The normalized spacial score (nSPS) is 16.7. The Hall–Kier alpha value is -3.12. The van der Waals surface area contributed by atoms with Crippen LogP contribution in [-0.4, -0.2) is 45.6 Å². The molecule has 0 aromatic carbocycles. The molecule has 0 spiro atoms. The summed E-state index contributed by atoms with van der Waals surface area (Å²) in [5.74, 6) is -0.902. The summed E-state index contributed by atoms with van der Waals surface area (Å²) in [7, 11) is -4.34. The zero-order valence-electron chi connectivity index (χ0n) is 14.6. The maximum atomic E-state index is 12.5. The summed E-state index contributed by atoms with van der Waals surface area (Å²) in [5, 5.41) is 10.5. The first-order valence-corrected chi connectivity index (χ1v) is 9.77. The second kappa shape index (κ2) is 7.13. The van der Waals surface area contributed by atoms with Crippen LogP contribution in [-0.2, 0) is 14.8 Å². The van der Waals surface area contributed by atoms with Gasteiger partial charge in [-0.1, -0.05) is 24.4 Å². The highest BCUT2D eigenvalue weighted by Crippen LogP contribution is 2.21. The molecule has 0 aliphatic heterocycles. The second-order valence-corrected chi connectivity index (χ2v) is 8.11. The fourth-order valence-electron chi connectivity index (χ4n) is 2.56. The average Bonchev–Trinajstić information content (AvgIpc) is 2.94. The lowest BCUT2D eigenvalue weighted by molar-refractivity contribution is -0.132. The van der Waals surface area contributed by atoms with Crippen molar-refractivity contribution in [1.29, 1.82) is 0 Å². The number of thiocarbonyl (C=S) groups is 1. The van der Waals surface area contributed by atoms with E-state index < -0.39 is 27.3 Å². The van der Waals surface area contributed by atoms with Gasteiger partial charge in [0.15, 0.2) is 0 Å². The molecule has 3 rings (SSSR count). The van der Waals surface area contributed by atoms with Crippen LogP contribution in [0.15, 0.2) is 34.3 Å². The van der Waals surface area contributed by atoms with Gasteiger partial charge in [0.05, 0.1) is 21.5 Å². The van der Waals surface area contributed by atoms with Crippen LogP contribution in [0.25, 0.3) is 11.1 Å². The molecular formula is C16H14N4O6S2. The van der Waals surface area contributed by atoms with Crippen LogP contribution in [0.4, 0.5) is 10.7 Å². The molecule has 1 unspecified atom stereocenters.